The molecule has 1 heterocycles. The van der Waals surface area contributed by atoms with E-state index in [1.807, 2.05) is 12.3 Å². The summed E-state index contributed by atoms with van der Waals surface area (Å²) in [6.07, 6.45) is 5.99. The molecule has 1 fully saturated rings. The van der Waals surface area contributed by atoms with Crippen LogP contribution in [0.5, 0.6) is 0 Å². The highest BCUT2D eigenvalue weighted by Gasteiger charge is 2.30. The first-order valence-electron chi connectivity index (χ1n) is 5.73. The van der Waals surface area contributed by atoms with E-state index in [9.17, 15) is 0 Å². The molecule has 0 aliphatic heterocycles. The summed E-state index contributed by atoms with van der Waals surface area (Å²) in [6.45, 7) is 1.55. The lowest BCUT2D eigenvalue weighted by molar-refractivity contribution is 0.205. The van der Waals surface area contributed by atoms with Crippen molar-refractivity contribution in [2.24, 2.45) is 5.73 Å². The van der Waals surface area contributed by atoms with E-state index in [-0.39, 0.29) is 0 Å². The molecular weight excluding hydrogens is 234 g/mol. The van der Waals surface area contributed by atoms with Crippen molar-refractivity contribution in [3.63, 3.8) is 0 Å². The topological polar surface area (TPSA) is 51.4 Å². The van der Waals surface area contributed by atoms with Crippen LogP contribution in [0.3, 0.4) is 0 Å². The second-order valence-corrected chi connectivity index (χ2v) is 4.61. The van der Waals surface area contributed by atoms with Crippen LogP contribution in [-0.2, 0) is 4.74 Å². The van der Waals surface area contributed by atoms with Gasteiger partial charge in [0.2, 0.25) is 0 Å². The van der Waals surface area contributed by atoms with Gasteiger partial charge in [0.1, 0.15) is 4.99 Å². The lowest BCUT2D eigenvalue weighted by atomic mass is 10.2. The summed E-state index contributed by atoms with van der Waals surface area (Å²) in [5.41, 5.74) is 7.68. The Bertz CT molecular complexity index is 406. The predicted molar refractivity (Wildman–Crippen MR) is 72.4 cm³/mol. The monoisotopic (exact) mass is 251 g/mol. The maximum absolute atomic E-state index is 5.75. The van der Waals surface area contributed by atoms with Crippen molar-refractivity contribution in [1.82, 2.24) is 4.98 Å². The standard InChI is InChI=1S/C12H17N3OS/c1-16-7-6-15(9-2-3-9)11-8-14-5-4-10(11)12(13)17/h4-5,8-9H,2-3,6-7H2,1H3,(H2,13,17). The molecular formula is C12H17N3OS. The molecule has 5 heteroatoms. The largest absolute Gasteiger partial charge is 0.389 e. The van der Waals surface area contributed by atoms with Crippen molar-refractivity contribution in [2.75, 3.05) is 25.2 Å². The molecule has 0 aromatic carbocycles. The van der Waals surface area contributed by atoms with Crippen LogP contribution in [0.25, 0.3) is 0 Å². The minimum Gasteiger partial charge on any atom is -0.389 e. The summed E-state index contributed by atoms with van der Waals surface area (Å²) in [4.78, 5) is 6.89. The summed E-state index contributed by atoms with van der Waals surface area (Å²) in [7, 11) is 1.71. The second kappa shape index (κ2) is 5.42. The zero-order valence-electron chi connectivity index (χ0n) is 9.93. The van der Waals surface area contributed by atoms with Crippen molar-refractivity contribution >= 4 is 22.9 Å². The van der Waals surface area contributed by atoms with Gasteiger partial charge in [-0.3, -0.25) is 4.98 Å². The Hall–Kier alpha value is -1.20. The molecule has 1 aromatic heterocycles. The van der Waals surface area contributed by atoms with Crippen LogP contribution in [-0.4, -0.2) is 36.3 Å². The molecule has 0 saturated heterocycles. The first-order valence-corrected chi connectivity index (χ1v) is 6.14. The smallest absolute Gasteiger partial charge is 0.106 e. The fraction of sp³-hybridized carbons (Fsp3) is 0.500. The van der Waals surface area contributed by atoms with E-state index in [1.165, 1.54) is 12.8 Å². The van der Waals surface area contributed by atoms with Gasteiger partial charge in [-0.1, -0.05) is 12.2 Å². The fourth-order valence-electron chi connectivity index (χ4n) is 1.90. The summed E-state index contributed by atoms with van der Waals surface area (Å²) in [5.74, 6) is 0. The molecule has 1 aromatic rings. The number of pyridine rings is 1. The SMILES string of the molecule is COCCN(c1cnccc1C(N)=S)C1CC1. The van der Waals surface area contributed by atoms with Crippen molar-refractivity contribution in [3.05, 3.63) is 24.0 Å². The van der Waals surface area contributed by atoms with Crippen molar-refractivity contribution in [2.45, 2.75) is 18.9 Å². The number of methoxy groups -OCH3 is 1. The van der Waals surface area contributed by atoms with Crippen LogP contribution in [0.2, 0.25) is 0 Å². The number of rotatable bonds is 6. The Labute approximate surface area is 107 Å². The number of aromatic nitrogens is 1. The number of hydrogen-bond acceptors (Lipinski definition) is 4. The van der Waals surface area contributed by atoms with Crippen molar-refractivity contribution in [3.8, 4) is 0 Å². The zero-order chi connectivity index (χ0) is 12.3. The van der Waals surface area contributed by atoms with Crippen LogP contribution in [0.15, 0.2) is 18.5 Å². The lowest BCUT2D eigenvalue weighted by Gasteiger charge is -2.26. The molecule has 1 saturated carbocycles. The molecule has 92 valence electrons. The van der Waals surface area contributed by atoms with E-state index >= 15 is 0 Å². The van der Waals surface area contributed by atoms with E-state index in [0.717, 1.165) is 17.8 Å². The van der Waals surface area contributed by atoms with E-state index in [4.69, 9.17) is 22.7 Å². The first kappa shape index (κ1) is 12.3. The Morgan fingerprint density at radius 2 is 2.41 bits per heavy atom. The molecule has 1 aliphatic rings. The third-order valence-electron chi connectivity index (χ3n) is 2.90. The van der Waals surface area contributed by atoms with Gasteiger partial charge in [-0.15, -0.1) is 0 Å². The minimum atomic E-state index is 0.422. The summed E-state index contributed by atoms with van der Waals surface area (Å²) in [6, 6.07) is 2.46. The summed E-state index contributed by atoms with van der Waals surface area (Å²) < 4.78 is 5.15. The van der Waals surface area contributed by atoms with Crippen molar-refractivity contribution < 1.29 is 4.74 Å². The number of hydrogen-bond donors (Lipinski definition) is 1. The second-order valence-electron chi connectivity index (χ2n) is 4.17. The molecule has 4 nitrogen and oxygen atoms in total. The van der Waals surface area contributed by atoms with Gasteiger partial charge in [0.15, 0.2) is 0 Å². The molecule has 2 N–H and O–H groups in total. The maximum Gasteiger partial charge on any atom is 0.106 e. The van der Waals surface area contributed by atoms with Gasteiger partial charge in [-0.25, -0.2) is 0 Å². The van der Waals surface area contributed by atoms with Gasteiger partial charge >= 0.3 is 0 Å². The molecule has 0 amide bonds. The highest BCUT2D eigenvalue weighted by atomic mass is 32.1. The van der Waals surface area contributed by atoms with Crippen LogP contribution in [0, 0.1) is 0 Å². The Morgan fingerprint density at radius 1 is 1.65 bits per heavy atom. The quantitative estimate of drug-likeness (QED) is 0.773. The zero-order valence-corrected chi connectivity index (χ0v) is 10.7. The van der Waals surface area contributed by atoms with Gasteiger partial charge in [-0.05, 0) is 18.9 Å². The normalized spacial score (nSPS) is 14.6. The molecule has 0 bridgehead atoms. The Morgan fingerprint density at radius 3 is 3.00 bits per heavy atom. The average Bonchev–Trinajstić information content (AvgIpc) is 3.14. The van der Waals surface area contributed by atoms with Crippen molar-refractivity contribution in [1.29, 1.82) is 0 Å². The number of anilines is 1. The van der Waals surface area contributed by atoms with E-state index in [1.54, 1.807) is 13.3 Å². The maximum atomic E-state index is 5.75. The lowest BCUT2D eigenvalue weighted by Crippen LogP contribution is -2.31. The summed E-state index contributed by atoms with van der Waals surface area (Å²) in [5, 5.41) is 0. The molecule has 0 atom stereocenters. The third kappa shape index (κ3) is 2.92. The fourth-order valence-corrected chi connectivity index (χ4v) is 2.07. The van der Waals surface area contributed by atoms with Crippen LogP contribution >= 0.6 is 12.2 Å². The molecule has 0 unspecified atom stereocenters. The number of nitrogens with zero attached hydrogens (tertiary/aromatic N) is 2. The number of thiocarbonyl (C=S) groups is 1. The molecule has 0 spiro atoms. The van der Waals surface area contributed by atoms with Gasteiger partial charge < -0.3 is 15.4 Å². The molecule has 0 radical (unpaired) electrons. The Kier molecular flexibility index (Phi) is 3.91. The number of nitrogens with two attached hydrogens (primary N) is 1. The van der Waals surface area contributed by atoms with Gasteiger partial charge in [-0.2, -0.15) is 0 Å². The van der Waals surface area contributed by atoms with Crippen LogP contribution in [0.4, 0.5) is 5.69 Å². The highest BCUT2D eigenvalue weighted by molar-refractivity contribution is 7.80. The van der Waals surface area contributed by atoms with Gasteiger partial charge in [0.25, 0.3) is 0 Å². The van der Waals surface area contributed by atoms with Crippen LogP contribution in [0.1, 0.15) is 18.4 Å². The Balaban J connectivity index is 2.25. The summed E-state index contributed by atoms with van der Waals surface area (Å²) >= 11 is 5.08. The average molecular weight is 251 g/mol. The molecule has 1 aliphatic carbocycles. The number of ether oxygens (including phenoxy) is 1. The van der Waals surface area contributed by atoms with E-state index in [0.29, 0.717) is 17.6 Å². The highest BCUT2D eigenvalue weighted by Crippen LogP contribution is 2.32. The third-order valence-corrected chi connectivity index (χ3v) is 3.12. The predicted octanol–water partition coefficient (Wildman–Crippen LogP) is 1.33. The van der Waals surface area contributed by atoms with Gasteiger partial charge in [0.05, 0.1) is 18.5 Å². The van der Waals surface area contributed by atoms with E-state index < -0.39 is 0 Å². The minimum absolute atomic E-state index is 0.422. The van der Waals surface area contributed by atoms with Gasteiger partial charge in [0, 0.05) is 31.5 Å². The van der Waals surface area contributed by atoms with Crippen LogP contribution < -0.4 is 10.6 Å². The first-order chi connectivity index (χ1) is 8.24. The van der Waals surface area contributed by atoms with E-state index in [2.05, 4.69) is 9.88 Å². The molecule has 2 rings (SSSR count). The molecule has 17 heavy (non-hydrogen) atoms.